The molecular weight excluding hydrogens is 462 g/mol. The third kappa shape index (κ3) is 3.69. The lowest BCUT2D eigenvalue weighted by molar-refractivity contribution is -0.153. The summed E-state index contributed by atoms with van der Waals surface area (Å²) in [5.74, 6) is 1.60. The van der Waals surface area contributed by atoms with Crippen molar-refractivity contribution in [2.45, 2.75) is 56.3 Å². The lowest BCUT2D eigenvalue weighted by atomic mass is 9.84. The molecule has 2 atom stereocenters. The molecule has 1 aliphatic carbocycles. The summed E-state index contributed by atoms with van der Waals surface area (Å²) in [5.41, 5.74) is 5.76. The van der Waals surface area contributed by atoms with E-state index >= 15 is 0 Å². The van der Waals surface area contributed by atoms with Crippen molar-refractivity contribution in [1.29, 1.82) is 0 Å². The lowest BCUT2D eigenvalue weighted by Gasteiger charge is -2.52. The number of rotatable bonds is 3. The Morgan fingerprint density at radius 2 is 1.76 bits per heavy atom. The van der Waals surface area contributed by atoms with Crippen molar-refractivity contribution in [2.24, 2.45) is 5.10 Å². The predicted molar refractivity (Wildman–Crippen MR) is 143 cm³/mol. The maximum Gasteiger partial charge on any atom is 0.200 e. The number of phenols is 1. The van der Waals surface area contributed by atoms with Crippen LogP contribution in [0.4, 0.5) is 0 Å². The molecule has 3 aromatic rings. The third-order valence-electron chi connectivity index (χ3n) is 8.78. The minimum atomic E-state index is -0.452. The largest absolute Gasteiger partial charge is 0.504 e. The molecule has 3 aliphatic heterocycles. The molecule has 190 valence electrons. The van der Waals surface area contributed by atoms with Gasteiger partial charge in [0.15, 0.2) is 11.5 Å². The SMILES string of the molecule is COc1cc(C2=NN3C(C2)c2ccccc2OC32CCN(C3CCCc4ccccc43)CC2)ccc1O. The number of hydrogen-bond donors (Lipinski definition) is 1. The van der Waals surface area contributed by atoms with Crippen molar-refractivity contribution >= 4 is 5.71 Å². The van der Waals surface area contributed by atoms with E-state index in [4.69, 9.17) is 14.6 Å². The van der Waals surface area contributed by atoms with Crippen LogP contribution in [-0.4, -0.2) is 46.7 Å². The fraction of sp³-hybridized carbons (Fsp3) is 0.387. The second-order valence-corrected chi connectivity index (χ2v) is 10.7. The number of ether oxygens (including phenoxy) is 2. The van der Waals surface area contributed by atoms with Gasteiger partial charge in [-0.15, -0.1) is 0 Å². The molecule has 4 aliphatic rings. The Balaban J connectivity index is 1.20. The number of fused-ring (bicyclic) bond motifs is 5. The Hall–Kier alpha value is -3.51. The summed E-state index contributed by atoms with van der Waals surface area (Å²) in [6.45, 7) is 1.98. The molecule has 1 saturated heterocycles. The van der Waals surface area contributed by atoms with Gasteiger partial charge in [-0.05, 0) is 54.7 Å². The fourth-order valence-corrected chi connectivity index (χ4v) is 6.88. The van der Waals surface area contributed by atoms with E-state index in [-0.39, 0.29) is 11.8 Å². The van der Waals surface area contributed by atoms with Crippen molar-refractivity contribution in [3.63, 3.8) is 0 Å². The molecule has 1 fully saturated rings. The molecule has 1 spiro atoms. The number of likely N-dealkylation sites (tertiary alicyclic amines) is 1. The van der Waals surface area contributed by atoms with Crippen LogP contribution in [0.3, 0.4) is 0 Å². The van der Waals surface area contributed by atoms with Gasteiger partial charge in [-0.25, -0.2) is 5.01 Å². The van der Waals surface area contributed by atoms with Crippen LogP contribution >= 0.6 is 0 Å². The molecule has 6 nitrogen and oxygen atoms in total. The molecule has 37 heavy (non-hydrogen) atoms. The summed E-state index contributed by atoms with van der Waals surface area (Å²) in [5, 5.41) is 17.6. The van der Waals surface area contributed by atoms with Crippen LogP contribution < -0.4 is 9.47 Å². The number of phenolic OH excluding ortho intramolecular Hbond substituents is 1. The van der Waals surface area contributed by atoms with Gasteiger partial charge < -0.3 is 14.6 Å². The molecule has 6 heteroatoms. The molecule has 0 saturated carbocycles. The number of para-hydroxylation sites is 1. The van der Waals surface area contributed by atoms with E-state index in [2.05, 4.69) is 58.4 Å². The molecule has 7 rings (SSSR count). The van der Waals surface area contributed by atoms with E-state index in [0.29, 0.717) is 11.8 Å². The van der Waals surface area contributed by atoms with Crippen molar-refractivity contribution < 1.29 is 14.6 Å². The first kappa shape index (κ1) is 22.7. The average Bonchev–Trinajstić information content (AvgIpc) is 3.41. The monoisotopic (exact) mass is 495 g/mol. The fourth-order valence-electron chi connectivity index (χ4n) is 6.88. The summed E-state index contributed by atoms with van der Waals surface area (Å²) in [6, 6.07) is 23.6. The summed E-state index contributed by atoms with van der Waals surface area (Å²) >= 11 is 0. The van der Waals surface area contributed by atoms with Gasteiger partial charge >= 0.3 is 0 Å². The van der Waals surface area contributed by atoms with E-state index in [9.17, 15) is 5.11 Å². The van der Waals surface area contributed by atoms with Crippen LogP contribution in [0.25, 0.3) is 0 Å². The third-order valence-corrected chi connectivity index (χ3v) is 8.78. The summed E-state index contributed by atoms with van der Waals surface area (Å²) in [7, 11) is 1.58. The average molecular weight is 496 g/mol. The van der Waals surface area contributed by atoms with Crippen molar-refractivity contribution in [1.82, 2.24) is 9.91 Å². The van der Waals surface area contributed by atoms with E-state index < -0.39 is 5.72 Å². The minimum Gasteiger partial charge on any atom is -0.504 e. The Kier molecular flexibility index (Phi) is 5.39. The predicted octanol–water partition coefficient (Wildman–Crippen LogP) is 5.81. The highest BCUT2D eigenvalue weighted by Crippen LogP contribution is 2.51. The van der Waals surface area contributed by atoms with Crippen molar-refractivity contribution in [3.8, 4) is 17.2 Å². The van der Waals surface area contributed by atoms with Crippen LogP contribution in [0.1, 0.15) is 66.4 Å². The summed E-state index contributed by atoms with van der Waals surface area (Å²) in [6.07, 6.45) is 6.30. The van der Waals surface area contributed by atoms with Gasteiger partial charge in [0.05, 0.1) is 18.9 Å². The first-order chi connectivity index (χ1) is 18.1. The number of hydrazone groups is 1. The van der Waals surface area contributed by atoms with Crippen LogP contribution in [0.15, 0.2) is 71.8 Å². The highest BCUT2D eigenvalue weighted by molar-refractivity contribution is 6.02. The molecule has 0 bridgehead atoms. The van der Waals surface area contributed by atoms with E-state index in [1.807, 2.05) is 12.1 Å². The zero-order chi connectivity index (χ0) is 25.0. The van der Waals surface area contributed by atoms with Crippen LogP contribution in [0, 0.1) is 0 Å². The van der Waals surface area contributed by atoms with Crippen LogP contribution in [0.5, 0.6) is 17.2 Å². The number of benzene rings is 3. The number of nitrogens with zero attached hydrogens (tertiary/aromatic N) is 3. The van der Waals surface area contributed by atoms with E-state index in [1.165, 1.54) is 36.0 Å². The highest BCUT2D eigenvalue weighted by atomic mass is 16.5. The number of hydrogen-bond acceptors (Lipinski definition) is 6. The molecule has 0 radical (unpaired) electrons. The van der Waals surface area contributed by atoms with Crippen LogP contribution in [-0.2, 0) is 6.42 Å². The summed E-state index contributed by atoms with van der Waals surface area (Å²) < 4.78 is 12.2. The maximum atomic E-state index is 10.1. The number of piperidine rings is 1. The first-order valence-corrected chi connectivity index (χ1v) is 13.5. The normalized spacial score (nSPS) is 24.0. The first-order valence-electron chi connectivity index (χ1n) is 13.5. The second-order valence-electron chi connectivity index (χ2n) is 10.7. The Labute approximate surface area is 218 Å². The molecule has 3 aromatic carbocycles. The lowest BCUT2D eigenvalue weighted by Crippen LogP contribution is -2.59. The quantitative estimate of drug-likeness (QED) is 0.497. The Morgan fingerprint density at radius 1 is 0.973 bits per heavy atom. The second kappa shape index (κ2) is 8.80. The van der Waals surface area contributed by atoms with Gasteiger partial charge in [-0.2, -0.15) is 5.10 Å². The molecule has 0 amide bonds. The minimum absolute atomic E-state index is 0.140. The smallest absolute Gasteiger partial charge is 0.200 e. The number of aromatic hydroxyl groups is 1. The van der Waals surface area contributed by atoms with Crippen LogP contribution in [0.2, 0.25) is 0 Å². The van der Waals surface area contributed by atoms with Crippen molar-refractivity contribution in [2.75, 3.05) is 20.2 Å². The van der Waals surface area contributed by atoms with Gasteiger partial charge in [-0.1, -0.05) is 42.5 Å². The molecule has 2 unspecified atom stereocenters. The molecule has 0 aromatic heterocycles. The molecular formula is C31H33N3O3. The van der Waals surface area contributed by atoms with Gasteiger partial charge in [-0.3, -0.25) is 4.90 Å². The topological polar surface area (TPSA) is 57.5 Å². The Morgan fingerprint density at radius 3 is 2.59 bits per heavy atom. The Bertz CT molecular complexity index is 1360. The van der Waals surface area contributed by atoms with Gasteiger partial charge in [0, 0.05) is 49.5 Å². The zero-order valence-corrected chi connectivity index (χ0v) is 21.3. The molecule has 1 N–H and O–H groups in total. The van der Waals surface area contributed by atoms with Gasteiger partial charge in [0.1, 0.15) is 5.75 Å². The zero-order valence-electron chi connectivity index (χ0n) is 21.3. The standard InChI is InChI=1S/C31H33N3O3/c1-36-30-19-22(13-14-28(30)35)25-20-27-24-10-4-5-12-29(24)37-31(34(27)32-25)15-17-33(18-16-31)26-11-6-8-21-7-2-3-9-23(21)26/h2-5,7,9-10,12-14,19,26-27,35H,6,8,11,15-18,20H2,1H3. The number of aryl methyl sites for hydroxylation is 1. The summed E-state index contributed by atoms with van der Waals surface area (Å²) in [4.78, 5) is 2.67. The van der Waals surface area contributed by atoms with E-state index in [0.717, 1.165) is 49.4 Å². The van der Waals surface area contributed by atoms with Crippen molar-refractivity contribution in [3.05, 3.63) is 89.0 Å². The maximum absolute atomic E-state index is 10.1. The number of methoxy groups -OCH3 is 1. The van der Waals surface area contributed by atoms with E-state index in [1.54, 1.807) is 13.2 Å². The van der Waals surface area contributed by atoms with Gasteiger partial charge in [0.2, 0.25) is 5.72 Å². The highest BCUT2D eigenvalue weighted by Gasteiger charge is 2.52. The van der Waals surface area contributed by atoms with Gasteiger partial charge in [0.25, 0.3) is 0 Å². The molecule has 3 heterocycles.